The number of nitrogens with one attached hydrogen (secondary N) is 2. The molecule has 0 saturated heterocycles. The third-order valence-electron chi connectivity index (χ3n) is 3.97. The molecular weight excluding hydrogens is 335 g/mol. The van der Waals surface area contributed by atoms with Gasteiger partial charge in [0.05, 0.1) is 12.6 Å². The number of benzene rings is 2. The van der Waals surface area contributed by atoms with Gasteiger partial charge in [0.15, 0.2) is 11.3 Å². The van der Waals surface area contributed by atoms with Gasteiger partial charge in [-0.3, -0.25) is 0 Å². The summed E-state index contributed by atoms with van der Waals surface area (Å²) in [6.07, 6.45) is 0. The molecule has 0 spiro atoms. The van der Waals surface area contributed by atoms with E-state index in [1.165, 1.54) is 12.1 Å². The van der Waals surface area contributed by atoms with Crippen LogP contribution < -0.4 is 15.4 Å². The number of fused-ring (bicyclic) bond motifs is 1. The minimum atomic E-state index is -0.327. The highest BCUT2D eigenvalue weighted by Crippen LogP contribution is 2.31. The zero-order chi connectivity index (χ0) is 18.5. The number of hydrogen-bond acceptors (Lipinski definition) is 3. The number of urea groups is 1. The van der Waals surface area contributed by atoms with E-state index in [0.717, 1.165) is 10.9 Å². The van der Waals surface area contributed by atoms with Gasteiger partial charge in [-0.1, -0.05) is 24.3 Å². The van der Waals surface area contributed by atoms with E-state index < -0.39 is 0 Å². The van der Waals surface area contributed by atoms with Crippen molar-refractivity contribution in [3.63, 3.8) is 0 Å². The number of furan rings is 1. The van der Waals surface area contributed by atoms with Gasteiger partial charge in [0.25, 0.3) is 0 Å². The lowest BCUT2D eigenvalue weighted by Gasteiger charge is -2.12. The van der Waals surface area contributed by atoms with Crippen LogP contribution in [0.5, 0.6) is 5.75 Å². The molecule has 1 heterocycles. The first kappa shape index (κ1) is 17.8. The van der Waals surface area contributed by atoms with Gasteiger partial charge >= 0.3 is 6.03 Å². The quantitative estimate of drug-likeness (QED) is 0.682. The summed E-state index contributed by atoms with van der Waals surface area (Å²) >= 11 is 0. The molecule has 26 heavy (non-hydrogen) atoms. The summed E-state index contributed by atoms with van der Waals surface area (Å²) in [5.41, 5.74) is 1.49. The Morgan fingerprint density at radius 2 is 2.00 bits per heavy atom. The Labute approximate surface area is 151 Å². The maximum Gasteiger partial charge on any atom is 0.315 e. The minimum Gasteiger partial charge on any atom is -0.490 e. The highest BCUT2D eigenvalue weighted by molar-refractivity contribution is 5.84. The van der Waals surface area contributed by atoms with E-state index in [0.29, 0.717) is 30.2 Å². The predicted molar refractivity (Wildman–Crippen MR) is 97.6 cm³/mol. The number of hydrogen-bond donors (Lipinski definition) is 2. The molecule has 1 aromatic heterocycles. The SMILES string of the molecule is CCOc1cccc2cc(C(C)NC(=O)NCc3ccc(F)cc3)oc12. The number of amides is 2. The van der Waals surface area contributed by atoms with Crippen molar-refractivity contribution < 1.29 is 18.3 Å². The second-order valence-electron chi connectivity index (χ2n) is 5.93. The Morgan fingerprint density at radius 1 is 1.23 bits per heavy atom. The van der Waals surface area contributed by atoms with Crippen molar-refractivity contribution in [2.24, 2.45) is 0 Å². The van der Waals surface area contributed by atoms with Crippen LogP contribution in [-0.2, 0) is 6.54 Å². The maximum absolute atomic E-state index is 12.9. The van der Waals surface area contributed by atoms with E-state index in [2.05, 4.69) is 10.6 Å². The zero-order valence-electron chi connectivity index (χ0n) is 14.7. The number of carbonyl (C=O) groups excluding carboxylic acids is 1. The summed E-state index contributed by atoms with van der Waals surface area (Å²) in [6, 6.07) is 12.9. The molecule has 5 nitrogen and oxygen atoms in total. The Hall–Kier alpha value is -3.02. The first-order valence-electron chi connectivity index (χ1n) is 8.51. The average Bonchev–Trinajstić information content (AvgIpc) is 3.07. The molecule has 0 fully saturated rings. The number of halogens is 1. The van der Waals surface area contributed by atoms with Gasteiger partial charge in [0, 0.05) is 11.9 Å². The summed E-state index contributed by atoms with van der Waals surface area (Å²) < 4.78 is 24.3. The first-order chi connectivity index (χ1) is 12.6. The van der Waals surface area contributed by atoms with Crippen LogP contribution in [0.1, 0.15) is 31.2 Å². The molecule has 0 radical (unpaired) electrons. The van der Waals surface area contributed by atoms with Crippen LogP contribution in [0, 0.1) is 5.82 Å². The second kappa shape index (κ2) is 7.91. The van der Waals surface area contributed by atoms with Gasteiger partial charge in [-0.15, -0.1) is 0 Å². The van der Waals surface area contributed by atoms with E-state index in [4.69, 9.17) is 9.15 Å². The fourth-order valence-corrected chi connectivity index (χ4v) is 2.64. The van der Waals surface area contributed by atoms with Gasteiger partial charge < -0.3 is 19.8 Å². The van der Waals surface area contributed by atoms with Crippen LogP contribution in [-0.4, -0.2) is 12.6 Å². The summed E-state index contributed by atoms with van der Waals surface area (Å²) in [6.45, 7) is 4.62. The fraction of sp³-hybridized carbons (Fsp3) is 0.250. The van der Waals surface area contributed by atoms with Gasteiger partial charge in [-0.05, 0) is 43.7 Å². The number of carbonyl (C=O) groups is 1. The molecule has 3 aromatic rings. The van der Waals surface area contributed by atoms with Crippen LogP contribution in [0.15, 0.2) is 52.9 Å². The Balaban J connectivity index is 1.62. The van der Waals surface area contributed by atoms with Crippen LogP contribution in [0.4, 0.5) is 9.18 Å². The Morgan fingerprint density at radius 3 is 2.73 bits per heavy atom. The van der Waals surface area contributed by atoms with E-state index >= 15 is 0 Å². The largest absolute Gasteiger partial charge is 0.490 e. The predicted octanol–water partition coefficient (Wildman–Crippen LogP) is 4.53. The lowest BCUT2D eigenvalue weighted by molar-refractivity contribution is 0.236. The molecule has 1 unspecified atom stereocenters. The topological polar surface area (TPSA) is 63.5 Å². The summed E-state index contributed by atoms with van der Waals surface area (Å²) in [7, 11) is 0. The van der Waals surface area contributed by atoms with Crippen molar-refractivity contribution >= 4 is 17.0 Å². The molecule has 0 aliphatic heterocycles. The summed E-state index contributed by atoms with van der Waals surface area (Å²) in [5.74, 6) is 1.02. The molecule has 6 heteroatoms. The molecule has 0 aliphatic rings. The summed E-state index contributed by atoms with van der Waals surface area (Å²) in [4.78, 5) is 12.1. The summed E-state index contributed by atoms with van der Waals surface area (Å²) in [5, 5.41) is 6.50. The van der Waals surface area contributed by atoms with Crippen LogP contribution in [0.3, 0.4) is 0 Å². The van der Waals surface area contributed by atoms with E-state index in [9.17, 15) is 9.18 Å². The van der Waals surface area contributed by atoms with Gasteiger partial charge in [-0.2, -0.15) is 0 Å². The van der Waals surface area contributed by atoms with E-state index in [1.54, 1.807) is 12.1 Å². The number of rotatable bonds is 6. The van der Waals surface area contributed by atoms with Crippen LogP contribution in [0.2, 0.25) is 0 Å². The third kappa shape index (κ3) is 4.14. The molecule has 3 rings (SSSR count). The van der Waals surface area contributed by atoms with E-state index in [-0.39, 0.29) is 17.9 Å². The third-order valence-corrected chi connectivity index (χ3v) is 3.97. The standard InChI is InChI=1S/C20H21FN2O3/c1-3-25-17-6-4-5-15-11-18(26-19(15)17)13(2)23-20(24)22-12-14-7-9-16(21)10-8-14/h4-11,13H,3,12H2,1-2H3,(H2,22,23,24). The van der Waals surface area contributed by atoms with E-state index in [1.807, 2.05) is 38.1 Å². The monoisotopic (exact) mass is 356 g/mol. The molecule has 0 bridgehead atoms. The molecule has 0 saturated carbocycles. The molecule has 2 N–H and O–H groups in total. The lowest BCUT2D eigenvalue weighted by atomic mass is 10.2. The molecule has 1 atom stereocenters. The minimum absolute atomic E-state index is 0.303. The molecule has 2 aromatic carbocycles. The molecular formula is C20H21FN2O3. The van der Waals surface area contributed by atoms with Crippen molar-refractivity contribution in [2.45, 2.75) is 26.4 Å². The highest BCUT2D eigenvalue weighted by atomic mass is 19.1. The highest BCUT2D eigenvalue weighted by Gasteiger charge is 2.16. The number of para-hydroxylation sites is 1. The fourth-order valence-electron chi connectivity index (χ4n) is 2.64. The second-order valence-corrected chi connectivity index (χ2v) is 5.93. The molecule has 2 amide bonds. The van der Waals surface area contributed by atoms with Crippen molar-refractivity contribution in [3.05, 3.63) is 65.7 Å². The van der Waals surface area contributed by atoms with Crippen molar-refractivity contribution in [1.29, 1.82) is 0 Å². The maximum atomic E-state index is 12.9. The number of ether oxygens (including phenoxy) is 1. The van der Waals surface area contributed by atoms with Crippen molar-refractivity contribution in [2.75, 3.05) is 6.61 Å². The average molecular weight is 356 g/mol. The molecule has 0 aliphatic carbocycles. The normalized spacial score (nSPS) is 12.0. The molecule has 136 valence electrons. The Kier molecular flexibility index (Phi) is 5.41. The van der Waals surface area contributed by atoms with Gasteiger partial charge in [0.2, 0.25) is 0 Å². The Bertz CT molecular complexity index is 890. The van der Waals surface area contributed by atoms with Crippen molar-refractivity contribution in [1.82, 2.24) is 10.6 Å². The lowest BCUT2D eigenvalue weighted by Crippen LogP contribution is -2.36. The van der Waals surface area contributed by atoms with Gasteiger partial charge in [-0.25, -0.2) is 9.18 Å². The first-order valence-corrected chi connectivity index (χ1v) is 8.51. The van der Waals surface area contributed by atoms with Crippen LogP contribution >= 0.6 is 0 Å². The van der Waals surface area contributed by atoms with Crippen LogP contribution in [0.25, 0.3) is 11.0 Å². The van der Waals surface area contributed by atoms with Gasteiger partial charge in [0.1, 0.15) is 11.6 Å². The zero-order valence-corrected chi connectivity index (χ0v) is 14.7. The smallest absolute Gasteiger partial charge is 0.315 e. The van der Waals surface area contributed by atoms with Crippen molar-refractivity contribution in [3.8, 4) is 5.75 Å².